The summed E-state index contributed by atoms with van der Waals surface area (Å²) in [6, 6.07) is 1.53. The second-order valence-electron chi connectivity index (χ2n) is 4.76. The summed E-state index contributed by atoms with van der Waals surface area (Å²) < 4.78 is 10.6. The number of hydrazone groups is 1. The first kappa shape index (κ1) is 17.1. The number of ether oxygens (including phenoxy) is 1. The monoisotopic (exact) mass is 339 g/mol. The number of nitrogens with one attached hydrogen (secondary N) is 1. The van der Waals surface area contributed by atoms with Crippen molar-refractivity contribution in [3.8, 4) is 0 Å². The number of hydrogen-bond acceptors (Lipinski definition) is 7. The number of carbonyl (C=O) groups excluding carboxylic acids is 3. The number of thioether (sulfide) groups is 1. The molecule has 0 aromatic carbocycles. The van der Waals surface area contributed by atoms with E-state index in [1.165, 1.54) is 24.9 Å². The highest BCUT2D eigenvalue weighted by Crippen LogP contribution is 2.40. The average molecular weight is 339 g/mol. The molecule has 23 heavy (non-hydrogen) atoms. The van der Waals surface area contributed by atoms with Gasteiger partial charge in [0.15, 0.2) is 10.5 Å². The number of nitrogens with zero attached hydrogens (tertiary/aromatic N) is 2. The molecule has 0 spiro atoms. The number of amides is 2. The lowest BCUT2D eigenvalue weighted by molar-refractivity contribution is -0.129. The zero-order valence-electron chi connectivity index (χ0n) is 13.2. The van der Waals surface area contributed by atoms with Gasteiger partial charge in [-0.1, -0.05) is 11.8 Å². The molecular weight excluding hydrogens is 322 g/mol. The summed E-state index contributed by atoms with van der Waals surface area (Å²) in [6.07, 6.45) is 0. The van der Waals surface area contributed by atoms with Crippen LogP contribution in [0.5, 0.6) is 0 Å². The van der Waals surface area contributed by atoms with E-state index < -0.39 is 11.3 Å². The molecule has 2 heterocycles. The third-order valence-corrected chi connectivity index (χ3v) is 3.99. The normalized spacial score (nSPS) is 17.0. The summed E-state index contributed by atoms with van der Waals surface area (Å²) in [5.41, 5.74) is 0.305. The standard InChI is InChI=1S/C14H17N3O5S/c1-5-21-13(20)10-6-11(22-7(10)2)12-17(9(4)19)16-14(23-12)15-8(3)18/h6,12H,5H2,1-4H3,(H,15,16,18). The maximum atomic E-state index is 11.9. The van der Waals surface area contributed by atoms with Crippen LogP contribution < -0.4 is 5.32 Å². The maximum Gasteiger partial charge on any atom is 0.341 e. The SMILES string of the molecule is CCOC(=O)c1cc(C2SC(NC(C)=O)=NN2C(C)=O)oc1C. The van der Waals surface area contributed by atoms with E-state index in [0.717, 1.165) is 11.8 Å². The van der Waals surface area contributed by atoms with Gasteiger partial charge in [-0.15, -0.1) is 5.10 Å². The van der Waals surface area contributed by atoms with E-state index in [4.69, 9.17) is 9.15 Å². The highest BCUT2D eigenvalue weighted by atomic mass is 32.2. The van der Waals surface area contributed by atoms with Gasteiger partial charge >= 0.3 is 5.97 Å². The fourth-order valence-electron chi connectivity index (χ4n) is 1.99. The van der Waals surface area contributed by atoms with E-state index in [0.29, 0.717) is 22.3 Å². The molecule has 1 N–H and O–H groups in total. The Morgan fingerprint density at radius 2 is 2.13 bits per heavy atom. The predicted molar refractivity (Wildman–Crippen MR) is 83.5 cm³/mol. The molecule has 0 saturated carbocycles. The molecule has 0 aliphatic carbocycles. The average Bonchev–Trinajstić information content (AvgIpc) is 3.02. The van der Waals surface area contributed by atoms with Gasteiger partial charge < -0.3 is 14.5 Å². The quantitative estimate of drug-likeness (QED) is 0.842. The number of aryl methyl sites for hydroxylation is 1. The molecule has 0 bridgehead atoms. The molecule has 1 aliphatic heterocycles. The minimum atomic E-state index is -0.587. The minimum Gasteiger partial charge on any atom is -0.462 e. The zero-order valence-corrected chi connectivity index (χ0v) is 14.0. The summed E-state index contributed by atoms with van der Waals surface area (Å²) in [4.78, 5) is 34.8. The lowest BCUT2D eigenvalue weighted by Crippen LogP contribution is -2.25. The van der Waals surface area contributed by atoms with Gasteiger partial charge in [-0.2, -0.15) is 0 Å². The van der Waals surface area contributed by atoms with Crippen molar-refractivity contribution in [3.05, 3.63) is 23.2 Å². The van der Waals surface area contributed by atoms with Crippen molar-refractivity contribution in [3.63, 3.8) is 0 Å². The van der Waals surface area contributed by atoms with Crippen molar-refractivity contribution in [1.29, 1.82) is 0 Å². The van der Waals surface area contributed by atoms with Crippen molar-refractivity contribution in [2.45, 2.75) is 33.1 Å². The van der Waals surface area contributed by atoms with Crippen molar-refractivity contribution in [1.82, 2.24) is 10.3 Å². The highest BCUT2D eigenvalue weighted by Gasteiger charge is 2.35. The molecule has 1 aromatic rings. The van der Waals surface area contributed by atoms with E-state index in [9.17, 15) is 14.4 Å². The van der Waals surface area contributed by atoms with Crippen molar-refractivity contribution in [2.75, 3.05) is 6.61 Å². The van der Waals surface area contributed by atoms with Crippen LogP contribution in [-0.4, -0.2) is 34.6 Å². The topological polar surface area (TPSA) is 101 Å². The van der Waals surface area contributed by atoms with Crippen LogP contribution in [-0.2, 0) is 14.3 Å². The predicted octanol–water partition coefficient (Wildman–Crippen LogP) is 1.77. The van der Waals surface area contributed by atoms with E-state index >= 15 is 0 Å². The highest BCUT2D eigenvalue weighted by molar-refractivity contribution is 8.14. The summed E-state index contributed by atoms with van der Waals surface area (Å²) in [7, 11) is 0. The first-order valence-corrected chi connectivity index (χ1v) is 7.81. The number of esters is 1. The molecule has 8 nitrogen and oxygen atoms in total. The smallest absolute Gasteiger partial charge is 0.341 e. The molecule has 1 atom stereocenters. The summed E-state index contributed by atoms with van der Waals surface area (Å²) in [5, 5.41) is 7.51. The fraction of sp³-hybridized carbons (Fsp3) is 0.429. The van der Waals surface area contributed by atoms with Crippen LogP contribution in [0.25, 0.3) is 0 Å². The van der Waals surface area contributed by atoms with Crippen molar-refractivity contribution in [2.24, 2.45) is 5.10 Å². The third kappa shape index (κ3) is 3.73. The molecule has 0 saturated heterocycles. The van der Waals surface area contributed by atoms with Crippen LogP contribution in [0.3, 0.4) is 0 Å². The van der Waals surface area contributed by atoms with Gasteiger partial charge in [-0.25, -0.2) is 9.80 Å². The number of furan rings is 1. The summed E-state index contributed by atoms with van der Waals surface area (Å²) in [5.74, 6) is -0.302. The second kappa shape index (κ2) is 6.86. The largest absolute Gasteiger partial charge is 0.462 e. The van der Waals surface area contributed by atoms with Crippen LogP contribution in [0.4, 0.5) is 0 Å². The molecule has 1 unspecified atom stereocenters. The van der Waals surface area contributed by atoms with E-state index in [-0.39, 0.29) is 18.4 Å². The lowest BCUT2D eigenvalue weighted by Gasteiger charge is -2.16. The van der Waals surface area contributed by atoms with Crippen LogP contribution in [0.15, 0.2) is 15.6 Å². The first-order chi connectivity index (χ1) is 10.8. The zero-order chi connectivity index (χ0) is 17.1. The van der Waals surface area contributed by atoms with Crippen LogP contribution in [0.1, 0.15) is 48.0 Å². The molecule has 1 aliphatic rings. The Morgan fingerprint density at radius 3 is 2.70 bits per heavy atom. The molecule has 2 rings (SSSR count). The molecule has 9 heteroatoms. The van der Waals surface area contributed by atoms with Gasteiger partial charge in [-0.05, 0) is 19.9 Å². The van der Waals surface area contributed by atoms with E-state index in [2.05, 4.69) is 10.4 Å². The number of hydrogen-bond donors (Lipinski definition) is 1. The number of rotatable bonds is 3. The molecule has 0 fully saturated rings. The second-order valence-corrected chi connectivity index (χ2v) is 5.83. The lowest BCUT2D eigenvalue weighted by atomic mass is 10.2. The van der Waals surface area contributed by atoms with Gasteiger partial charge in [0.25, 0.3) is 0 Å². The van der Waals surface area contributed by atoms with Gasteiger partial charge in [0, 0.05) is 13.8 Å². The van der Waals surface area contributed by atoms with Crippen molar-refractivity contribution < 1.29 is 23.5 Å². The third-order valence-electron chi connectivity index (χ3n) is 2.93. The Kier molecular flexibility index (Phi) is 5.09. The molecule has 0 radical (unpaired) electrons. The Hall–Kier alpha value is -2.29. The first-order valence-electron chi connectivity index (χ1n) is 6.93. The van der Waals surface area contributed by atoms with Gasteiger partial charge in [0.05, 0.1) is 6.61 Å². The van der Waals surface area contributed by atoms with Gasteiger partial charge in [-0.3, -0.25) is 9.59 Å². The number of carbonyl (C=O) groups is 3. The molecular formula is C14H17N3O5S. The Balaban J connectivity index is 2.27. The Labute approximate surface area is 137 Å². The minimum absolute atomic E-state index is 0.256. The summed E-state index contributed by atoms with van der Waals surface area (Å²) >= 11 is 1.15. The summed E-state index contributed by atoms with van der Waals surface area (Å²) in [6.45, 7) is 6.32. The van der Waals surface area contributed by atoms with Crippen LogP contribution in [0.2, 0.25) is 0 Å². The fourth-order valence-corrected chi connectivity index (χ4v) is 3.06. The molecule has 2 amide bonds. The Bertz CT molecular complexity index is 682. The van der Waals surface area contributed by atoms with E-state index in [1.54, 1.807) is 13.8 Å². The number of amidine groups is 1. The van der Waals surface area contributed by atoms with Gasteiger partial charge in [0.1, 0.15) is 17.1 Å². The Morgan fingerprint density at radius 1 is 1.43 bits per heavy atom. The van der Waals surface area contributed by atoms with Crippen LogP contribution in [0, 0.1) is 6.92 Å². The molecule has 1 aromatic heterocycles. The van der Waals surface area contributed by atoms with Crippen molar-refractivity contribution >= 4 is 34.7 Å². The molecule has 124 valence electrons. The van der Waals surface area contributed by atoms with E-state index in [1.807, 2.05) is 0 Å². The van der Waals surface area contributed by atoms with Gasteiger partial charge in [0.2, 0.25) is 11.8 Å². The maximum absolute atomic E-state index is 11.9. The van der Waals surface area contributed by atoms with Crippen LogP contribution >= 0.6 is 11.8 Å².